The summed E-state index contributed by atoms with van der Waals surface area (Å²) in [6.45, 7) is 5.13. The molecule has 0 aromatic rings. The number of aliphatic carboxylic acids is 1. The zero-order chi connectivity index (χ0) is 11.4. The number of rotatable bonds is 5. The SMILES string of the molecule is CCC(C)(C)C(=O)NC[C@H](O)C(=O)O. The van der Waals surface area contributed by atoms with Gasteiger partial charge in [-0.1, -0.05) is 20.8 Å². The van der Waals surface area contributed by atoms with Crippen LogP contribution in [-0.2, 0) is 9.59 Å². The van der Waals surface area contributed by atoms with E-state index in [1.807, 2.05) is 6.92 Å². The van der Waals surface area contributed by atoms with Gasteiger partial charge in [-0.15, -0.1) is 0 Å². The van der Waals surface area contributed by atoms with E-state index in [4.69, 9.17) is 10.2 Å². The van der Waals surface area contributed by atoms with Gasteiger partial charge >= 0.3 is 5.97 Å². The molecule has 0 heterocycles. The lowest BCUT2D eigenvalue weighted by Crippen LogP contribution is -2.42. The van der Waals surface area contributed by atoms with Crippen molar-refractivity contribution >= 4 is 11.9 Å². The van der Waals surface area contributed by atoms with Gasteiger partial charge in [0.05, 0.1) is 6.54 Å². The topological polar surface area (TPSA) is 86.6 Å². The summed E-state index contributed by atoms with van der Waals surface area (Å²) in [6, 6.07) is 0. The van der Waals surface area contributed by atoms with Crippen molar-refractivity contribution in [3.63, 3.8) is 0 Å². The molecule has 0 rings (SSSR count). The molecule has 14 heavy (non-hydrogen) atoms. The second kappa shape index (κ2) is 4.95. The molecule has 5 nitrogen and oxygen atoms in total. The molecule has 0 saturated carbocycles. The zero-order valence-corrected chi connectivity index (χ0v) is 8.70. The summed E-state index contributed by atoms with van der Waals surface area (Å²) in [5.74, 6) is -1.58. The van der Waals surface area contributed by atoms with E-state index < -0.39 is 17.5 Å². The molecule has 5 heteroatoms. The third-order valence-electron chi connectivity index (χ3n) is 2.24. The van der Waals surface area contributed by atoms with Crippen LogP contribution in [0.3, 0.4) is 0 Å². The number of hydrogen-bond donors (Lipinski definition) is 3. The predicted octanol–water partition coefficient (Wildman–Crippen LogP) is -0.0157. The summed E-state index contributed by atoms with van der Waals surface area (Å²) in [5.41, 5.74) is -0.530. The molecule has 0 aliphatic heterocycles. The third kappa shape index (κ3) is 3.74. The number of nitrogens with one attached hydrogen (secondary N) is 1. The summed E-state index contributed by atoms with van der Waals surface area (Å²) in [5, 5.41) is 19.6. The Hall–Kier alpha value is -1.10. The van der Waals surface area contributed by atoms with Gasteiger partial charge in [-0.2, -0.15) is 0 Å². The van der Waals surface area contributed by atoms with Crippen LogP contribution in [0, 0.1) is 5.41 Å². The predicted molar refractivity (Wildman–Crippen MR) is 50.7 cm³/mol. The fraction of sp³-hybridized carbons (Fsp3) is 0.778. The molecule has 0 radical (unpaired) electrons. The Labute approximate surface area is 83.1 Å². The molecule has 0 aliphatic carbocycles. The van der Waals surface area contributed by atoms with E-state index >= 15 is 0 Å². The Morgan fingerprint density at radius 2 is 1.93 bits per heavy atom. The van der Waals surface area contributed by atoms with Crippen LogP contribution in [-0.4, -0.2) is 34.7 Å². The van der Waals surface area contributed by atoms with Crippen molar-refractivity contribution < 1.29 is 19.8 Å². The Bertz CT molecular complexity index is 225. The van der Waals surface area contributed by atoms with Crippen LogP contribution in [0.1, 0.15) is 27.2 Å². The smallest absolute Gasteiger partial charge is 0.334 e. The lowest BCUT2D eigenvalue weighted by molar-refractivity contribution is -0.146. The van der Waals surface area contributed by atoms with Gasteiger partial charge < -0.3 is 15.5 Å². The monoisotopic (exact) mass is 203 g/mol. The van der Waals surface area contributed by atoms with Gasteiger partial charge in [-0.05, 0) is 6.42 Å². The summed E-state index contributed by atoms with van der Waals surface area (Å²) < 4.78 is 0. The van der Waals surface area contributed by atoms with E-state index in [0.29, 0.717) is 6.42 Å². The minimum atomic E-state index is -1.54. The van der Waals surface area contributed by atoms with Crippen molar-refractivity contribution in [2.45, 2.75) is 33.3 Å². The second-order valence-corrected chi connectivity index (χ2v) is 3.80. The van der Waals surface area contributed by atoms with E-state index in [1.54, 1.807) is 13.8 Å². The highest BCUT2D eigenvalue weighted by Crippen LogP contribution is 2.19. The molecule has 0 bridgehead atoms. The zero-order valence-electron chi connectivity index (χ0n) is 8.70. The van der Waals surface area contributed by atoms with E-state index in [-0.39, 0.29) is 12.5 Å². The van der Waals surface area contributed by atoms with Crippen molar-refractivity contribution in [2.24, 2.45) is 5.41 Å². The average Bonchev–Trinajstić information content (AvgIpc) is 2.13. The lowest BCUT2D eigenvalue weighted by Gasteiger charge is -2.21. The van der Waals surface area contributed by atoms with Crippen molar-refractivity contribution in [1.82, 2.24) is 5.32 Å². The highest BCUT2D eigenvalue weighted by atomic mass is 16.4. The van der Waals surface area contributed by atoms with Crippen LogP contribution >= 0.6 is 0 Å². The molecule has 1 amide bonds. The van der Waals surface area contributed by atoms with Crippen LogP contribution in [0.2, 0.25) is 0 Å². The Morgan fingerprint density at radius 1 is 1.43 bits per heavy atom. The van der Waals surface area contributed by atoms with Crippen LogP contribution in [0.15, 0.2) is 0 Å². The van der Waals surface area contributed by atoms with Crippen LogP contribution in [0.4, 0.5) is 0 Å². The first-order chi connectivity index (χ1) is 6.31. The highest BCUT2D eigenvalue weighted by molar-refractivity contribution is 5.82. The minimum Gasteiger partial charge on any atom is -0.479 e. The Kier molecular flexibility index (Phi) is 4.56. The van der Waals surface area contributed by atoms with Crippen molar-refractivity contribution in [3.05, 3.63) is 0 Å². The molecule has 1 atom stereocenters. The van der Waals surface area contributed by atoms with E-state index in [2.05, 4.69) is 5.32 Å². The molecule has 0 fully saturated rings. The van der Waals surface area contributed by atoms with Crippen molar-refractivity contribution in [3.8, 4) is 0 Å². The van der Waals surface area contributed by atoms with E-state index in [9.17, 15) is 9.59 Å². The summed E-state index contributed by atoms with van der Waals surface area (Å²) >= 11 is 0. The van der Waals surface area contributed by atoms with Crippen molar-refractivity contribution in [2.75, 3.05) is 6.54 Å². The maximum atomic E-state index is 11.4. The van der Waals surface area contributed by atoms with Gasteiger partial charge in [0.2, 0.25) is 5.91 Å². The Morgan fingerprint density at radius 3 is 2.29 bits per heavy atom. The quantitative estimate of drug-likeness (QED) is 0.586. The van der Waals surface area contributed by atoms with Gasteiger partial charge in [0.25, 0.3) is 0 Å². The van der Waals surface area contributed by atoms with E-state index in [1.165, 1.54) is 0 Å². The molecule has 0 aromatic carbocycles. The number of aliphatic hydroxyl groups excluding tert-OH is 1. The van der Waals surface area contributed by atoms with Gasteiger partial charge in [0.15, 0.2) is 6.10 Å². The number of amides is 1. The average molecular weight is 203 g/mol. The van der Waals surface area contributed by atoms with Crippen LogP contribution < -0.4 is 5.32 Å². The van der Waals surface area contributed by atoms with Gasteiger partial charge in [0, 0.05) is 5.41 Å². The third-order valence-corrected chi connectivity index (χ3v) is 2.24. The highest BCUT2D eigenvalue weighted by Gasteiger charge is 2.26. The van der Waals surface area contributed by atoms with Gasteiger partial charge in [-0.25, -0.2) is 4.79 Å². The molecule has 82 valence electrons. The van der Waals surface area contributed by atoms with E-state index in [0.717, 1.165) is 0 Å². The number of carboxylic acids is 1. The largest absolute Gasteiger partial charge is 0.479 e. The molecule has 0 aliphatic rings. The summed E-state index contributed by atoms with van der Waals surface area (Å²) in [7, 11) is 0. The molecule has 3 N–H and O–H groups in total. The number of aliphatic hydroxyl groups is 1. The first-order valence-corrected chi connectivity index (χ1v) is 4.50. The molecule has 0 saturated heterocycles. The van der Waals surface area contributed by atoms with Crippen LogP contribution in [0.25, 0.3) is 0 Å². The maximum absolute atomic E-state index is 11.4. The number of carboxylic acid groups (broad SMARTS) is 1. The number of hydrogen-bond acceptors (Lipinski definition) is 3. The molecule has 0 unspecified atom stereocenters. The summed E-state index contributed by atoms with van der Waals surface area (Å²) in [6.07, 6.45) is -0.881. The van der Waals surface area contributed by atoms with Gasteiger partial charge in [-0.3, -0.25) is 4.79 Å². The number of carbonyl (C=O) groups excluding carboxylic acids is 1. The fourth-order valence-corrected chi connectivity index (χ4v) is 0.677. The maximum Gasteiger partial charge on any atom is 0.334 e. The molecule has 0 aromatic heterocycles. The summed E-state index contributed by atoms with van der Waals surface area (Å²) in [4.78, 5) is 21.6. The van der Waals surface area contributed by atoms with Crippen LogP contribution in [0.5, 0.6) is 0 Å². The molecular weight excluding hydrogens is 186 g/mol. The normalized spacial score (nSPS) is 13.4. The fourth-order valence-electron chi connectivity index (χ4n) is 0.677. The lowest BCUT2D eigenvalue weighted by atomic mass is 9.89. The molecular formula is C9H17NO4. The number of carbonyl (C=O) groups is 2. The first kappa shape index (κ1) is 12.9. The van der Waals surface area contributed by atoms with Gasteiger partial charge in [0.1, 0.15) is 0 Å². The molecule has 0 spiro atoms. The van der Waals surface area contributed by atoms with Crippen molar-refractivity contribution in [1.29, 1.82) is 0 Å². The first-order valence-electron chi connectivity index (χ1n) is 4.50. The standard InChI is InChI=1S/C9H17NO4/c1-4-9(2,3)8(14)10-5-6(11)7(12)13/h6,11H,4-5H2,1-3H3,(H,10,14)(H,12,13)/t6-/m0/s1. The second-order valence-electron chi connectivity index (χ2n) is 3.80. The Balaban J connectivity index is 4.03. The minimum absolute atomic E-state index is 0.250.